The third-order valence-corrected chi connectivity index (χ3v) is 5.70. The topological polar surface area (TPSA) is 62.1 Å². The predicted molar refractivity (Wildman–Crippen MR) is 104 cm³/mol. The van der Waals surface area contributed by atoms with Crippen molar-refractivity contribution in [2.24, 2.45) is 0 Å². The first-order valence-electron chi connectivity index (χ1n) is 9.65. The zero-order valence-corrected chi connectivity index (χ0v) is 16.0. The van der Waals surface area contributed by atoms with Crippen molar-refractivity contribution in [1.82, 2.24) is 9.80 Å². The van der Waals surface area contributed by atoms with Crippen molar-refractivity contribution < 1.29 is 19.3 Å². The van der Waals surface area contributed by atoms with Gasteiger partial charge in [0.2, 0.25) is 5.91 Å². The van der Waals surface area contributed by atoms with Crippen LogP contribution in [0.15, 0.2) is 48.5 Å². The van der Waals surface area contributed by atoms with Crippen LogP contribution in [-0.2, 0) is 11.3 Å². The molecule has 28 heavy (non-hydrogen) atoms. The first kappa shape index (κ1) is 18.4. The maximum atomic E-state index is 12.7. The van der Waals surface area contributed by atoms with E-state index >= 15 is 0 Å². The quantitative estimate of drug-likeness (QED) is 0.789. The normalized spacial score (nSPS) is 17.2. The number of benzene rings is 2. The van der Waals surface area contributed by atoms with Crippen molar-refractivity contribution in [2.45, 2.75) is 13.5 Å². The third-order valence-electron chi connectivity index (χ3n) is 5.70. The zero-order valence-electron chi connectivity index (χ0n) is 16.0. The fraction of sp³-hybridized carbons (Fsp3) is 0.318. The number of hydrogen-bond acceptors (Lipinski definition) is 3. The molecule has 2 aliphatic heterocycles. The number of amides is 3. The molecule has 0 aliphatic carbocycles. The van der Waals surface area contributed by atoms with Crippen LogP contribution in [-0.4, -0.2) is 60.2 Å². The Hall–Kier alpha value is -2.99. The minimum atomic E-state index is -0.377. The van der Waals surface area contributed by atoms with Gasteiger partial charge in [-0.1, -0.05) is 36.4 Å². The first-order valence-corrected chi connectivity index (χ1v) is 9.65. The monoisotopic (exact) mass is 378 g/mol. The third kappa shape index (κ3) is 3.43. The van der Waals surface area contributed by atoms with Crippen molar-refractivity contribution in [3.8, 4) is 0 Å². The van der Waals surface area contributed by atoms with Crippen LogP contribution in [0.4, 0.5) is 0 Å². The Bertz CT molecular complexity index is 897. The molecule has 0 saturated carbocycles. The largest absolute Gasteiger partial charge is 0.330 e. The Balaban J connectivity index is 1.33. The highest BCUT2D eigenvalue weighted by Crippen LogP contribution is 2.22. The average molecular weight is 378 g/mol. The van der Waals surface area contributed by atoms with Gasteiger partial charge in [-0.05, 0) is 24.6 Å². The van der Waals surface area contributed by atoms with Crippen LogP contribution in [0.25, 0.3) is 0 Å². The molecule has 0 bridgehead atoms. The molecular formula is C22H24N3O3+. The summed E-state index contributed by atoms with van der Waals surface area (Å²) in [4.78, 5) is 41.9. The van der Waals surface area contributed by atoms with E-state index in [2.05, 4.69) is 25.1 Å². The number of fused-ring (bicyclic) bond motifs is 1. The van der Waals surface area contributed by atoms with E-state index in [1.807, 2.05) is 6.07 Å². The fourth-order valence-corrected chi connectivity index (χ4v) is 3.94. The molecular weight excluding hydrogens is 354 g/mol. The maximum absolute atomic E-state index is 12.7. The van der Waals surface area contributed by atoms with Gasteiger partial charge in [0.25, 0.3) is 11.8 Å². The molecule has 0 unspecified atom stereocenters. The molecule has 2 aliphatic rings. The Morgan fingerprint density at radius 3 is 2.11 bits per heavy atom. The highest BCUT2D eigenvalue weighted by atomic mass is 16.2. The van der Waals surface area contributed by atoms with Crippen molar-refractivity contribution in [1.29, 1.82) is 0 Å². The molecule has 2 aromatic rings. The molecule has 6 heteroatoms. The van der Waals surface area contributed by atoms with Crippen LogP contribution in [0.1, 0.15) is 31.8 Å². The van der Waals surface area contributed by atoms with Crippen molar-refractivity contribution in [3.05, 3.63) is 70.8 Å². The number of rotatable bonds is 4. The van der Waals surface area contributed by atoms with E-state index in [0.29, 0.717) is 24.2 Å². The van der Waals surface area contributed by atoms with Gasteiger partial charge in [0, 0.05) is 5.56 Å². The molecule has 2 heterocycles. The summed E-state index contributed by atoms with van der Waals surface area (Å²) in [7, 11) is 0. The molecule has 3 amide bonds. The lowest BCUT2D eigenvalue weighted by atomic mass is 10.1. The molecule has 2 aromatic carbocycles. The lowest BCUT2D eigenvalue weighted by molar-refractivity contribution is -0.917. The Morgan fingerprint density at radius 2 is 1.50 bits per heavy atom. The van der Waals surface area contributed by atoms with E-state index < -0.39 is 0 Å². The molecule has 0 radical (unpaired) electrons. The minimum absolute atomic E-state index is 0.163. The number of nitrogens with zero attached hydrogens (tertiary/aromatic N) is 2. The van der Waals surface area contributed by atoms with Crippen LogP contribution in [0.5, 0.6) is 0 Å². The first-order chi connectivity index (χ1) is 13.5. The summed E-state index contributed by atoms with van der Waals surface area (Å²) < 4.78 is 0. The molecule has 1 N–H and O–H groups in total. The van der Waals surface area contributed by atoms with Gasteiger partial charge < -0.3 is 9.80 Å². The van der Waals surface area contributed by atoms with Gasteiger partial charge in [-0.25, -0.2) is 0 Å². The summed E-state index contributed by atoms with van der Waals surface area (Å²) >= 11 is 0. The summed E-state index contributed by atoms with van der Waals surface area (Å²) in [5, 5.41) is 0. The second-order valence-corrected chi connectivity index (χ2v) is 7.48. The molecule has 1 fully saturated rings. The van der Waals surface area contributed by atoms with Gasteiger partial charge in [0.15, 0.2) is 0 Å². The number of piperazine rings is 1. The number of carbonyl (C=O) groups is 3. The van der Waals surface area contributed by atoms with E-state index in [1.54, 1.807) is 29.2 Å². The Labute approximate surface area is 164 Å². The van der Waals surface area contributed by atoms with E-state index in [0.717, 1.165) is 24.5 Å². The maximum Gasteiger partial charge on any atom is 0.262 e. The molecule has 144 valence electrons. The van der Waals surface area contributed by atoms with Gasteiger partial charge in [-0.2, -0.15) is 0 Å². The van der Waals surface area contributed by atoms with E-state index in [-0.39, 0.29) is 24.3 Å². The number of quaternary nitrogens is 1. The van der Waals surface area contributed by atoms with Crippen molar-refractivity contribution in [2.75, 3.05) is 32.7 Å². The van der Waals surface area contributed by atoms with Crippen molar-refractivity contribution >= 4 is 17.7 Å². The van der Waals surface area contributed by atoms with Crippen LogP contribution >= 0.6 is 0 Å². The van der Waals surface area contributed by atoms with Gasteiger partial charge in [-0.3, -0.25) is 19.3 Å². The molecule has 4 rings (SSSR count). The van der Waals surface area contributed by atoms with Crippen LogP contribution < -0.4 is 4.90 Å². The van der Waals surface area contributed by atoms with Crippen molar-refractivity contribution in [3.63, 3.8) is 0 Å². The number of imide groups is 1. The lowest BCUT2D eigenvalue weighted by Crippen LogP contribution is -3.13. The molecule has 0 atom stereocenters. The summed E-state index contributed by atoms with van der Waals surface area (Å²) in [6.45, 7) is 5.90. The smallest absolute Gasteiger partial charge is 0.262 e. The predicted octanol–water partition coefficient (Wildman–Crippen LogP) is 0.518. The van der Waals surface area contributed by atoms with Gasteiger partial charge in [-0.15, -0.1) is 0 Å². The SMILES string of the molecule is Cc1ccccc1C[NH+]1CCN(C(=O)CN2C(=O)c3ccccc3C2=O)CC1. The number of carbonyl (C=O) groups excluding carboxylic acids is 3. The highest BCUT2D eigenvalue weighted by molar-refractivity contribution is 6.22. The second kappa shape index (κ2) is 7.56. The average Bonchev–Trinajstić information content (AvgIpc) is 2.95. The Kier molecular flexibility index (Phi) is 4.96. The summed E-state index contributed by atoms with van der Waals surface area (Å²) in [6, 6.07) is 15.1. The number of nitrogens with one attached hydrogen (secondary N) is 1. The molecule has 0 spiro atoms. The summed E-state index contributed by atoms with van der Waals surface area (Å²) in [5.41, 5.74) is 3.39. The van der Waals surface area contributed by atoms with E-state index in [9.17, 15) is 14.4 Å². The van der Waals surface area contributed by atoms with Crippen LogP contribution in [0, 0.1) is 6.92 Å². The standard InChI is InChI=1S/C22H23N3O3/c1-16-6-2-3-7-17(16)14-23-10-12-24(13-11-23)20(26)15-25-21(27)18-8-4-5-9-19(18)22(25)28/h2-9H,10-15H2,1H3/p+1. The van der Waals surface area contributed by atoms with Crippen LogP contribution in [0.3, 0.4) is 0 Å². The number of hydrogen-bond donors (Lipinski definition) is 1. The highest BCUT2D eigenvalue weighted by Gasteiger charge is 2.37. The second-order valence-electron chi connectivity index (χ2n) is 7.48. The van der Waals surface area contributed by atoms with E-state index in [4.69, 9.17) is 0 Å². The van der Waals surface area contributed by atoms with E-state index in [1.165, 1.54) is 16.0 Å². The minimum Gasteiger partial charge on any atom is -0.330 e. The van der Waals surface area contributed by atoms with Gasteiger partial charge >= 0.3 is 0 Å². The van der Waals surface area contributed by atoms with Gasteiger partial charge in [0.1, 0.15) is 13.1 Å². The zero-order chi connectivity index (χ0) is 19.7. The molecule has 6 nitrogen and oxygen atoms in total. The fourth-order valence-electron chi connectivity index (χ4n) is 3.94. The molecule has 0 aromatic heterocycles. The van der Waals surface area contributed by atoms with Crippen LogP contribution in [0.2, 0.25) is 0 Å². The lowest BCUT2D eigenvalue weighted by Gasteiger charge is -2.33. The molecule has 1 saturated heterocycles. The summed E-state index contributed by atoms with van der Waals surface area (Å²) in [6.07, 6.45) is 0. The Morgan fingerprint density at radius 1 is 0.929 bits per heavy atom. The van der Waals surface area contributed by atoms with Gasteiger partial charge in [0.05, 0.1) is 37.3 Å². The summed E-state index contributed by atoms with van der Waals surface area (Å²) in [5.74, 6) is -0.917. The number of aryl methyl sites for hydroxylation is 1.